The van der Waals surface area contributed by atoms with Gasteiger partial charge in [0.25, 0.3) is 0 Å². The maximum atomic E-state index is 2.38. The molecule has 1 aromatic rings. The first-order chi connectivity index (χ1) is 8.15. The van der Waals surface area contributed by atoms with Gasteiger partial charge in [-0.15, -0.1) is 0 Å². The predicted octanol–water partition coefficient (Wildman–Crippen LogP) is 5.00. The van der Waals surface area contributed by atoms with Crippen molar-refractivity contribution >= 4 is 0 Å². The molecule has 0 bridgehead atoms. The largest absolute Gasteiger partial charge is 0.0625 e. The summed E-state index contributed by atoms with van der Waals surface area (Å²) in [5.74, 6) is 2.81. The molecule has 0 atom stereocenters. The highest BCUT2D eigenvalue weighted by Crippen LogP contribution is 2.34. The zero-order chi connectivity index (χ0) is 12.3. The van der Waals surface area contributed by atoms with Crippen molar-refractivity contribution in [2.45, 2.75) is 52.9 Å². The van der Waals surface area contributed by atoms with Crippen LogP contribution in [0.1, 0.15) is 50.7 Å². The van der Waals surface area contributed by atoms with Gasteiger partial charge < -0.3 is 0 Å². The Labute approximate surface area is 106 Å². The topological polar surface area (TPSA) is 0 Å². The standard InChI is InChI=1S/C17H26/c1-13(2)17-10-8-16(9-11-17)12-15-6-4-14(3)5-7-15/h4-7,13,16-17H,8-12H2,1-3H3. The Morgan fingerprint density at radius 2 is 1.59 bits per heavy atom. The lowest BCUT2D eigenvalue weighted by Gasteiger charge is -2.30. The Kier molecular flexibility index (Phi) is 4.25. The van der Waals surface area contributed by atoms with Gasteiger partial charge in [-0.2, -0.15) is 0 Å². The number of rotatable bonds is 3. The summed E-state index contributed by atoms with van der Waals surface area (Å²) < 4.78 is 0. The van der Waals surface area contributed by atoms with Crippen molar-refractivity contribution in [3.05, 3.63) is 35.4 Å². The molecular formula is C17H26. The highest BCUT2D eigenvalue weighted by atomic mass is 14.3. The maximum absolute atomic E-state index is 2.38. The molecule has 0 spiro atoms. The average molecular weight is 230 g/mol. The van der Waals surface area contributed by atoms with Gasteiger partial charge in [-0.1, -0.05) is 43.7 Å². The second-order valence-electron chi connectivity index (χ2n) is 6.21. The van der Waals surface area contributed by atoms with E-state index in [0.29, 0.717) is 0 Å². The molecule has 1 aliphatic rings. The highest BCUT2D eigenvalue weighted by molar-refractivity contribution is 5.21. The molecule has 0 amide bonds. The van der Waals surface area contributed by atoms with Crippen LogP contribution in [0.25, 0.3) is 0 Å². The van der Waals surface area contributed by atoms with E-state index in [1.807, 2.05) is 0 Å². The van der Waals surface area contributed by atoms with Gasteiger partial charge in [0.15, 0.2) is 0 Å². The van der Waals surface area contributed by atoms with Crippen LogP contribution in [0.5, 0.6) is 0 Å². The van der Waals surface area contributed by atoms with Crippen LogP contribution in [0.2, 0.25) is 0 Å². The molecule has 1 saturated carbocycles. The van der Waals surface area contributed by atoms with Gasteiger partial charge in [0, 0.05) is 0 Å². The Morgan fingerprint density at radius 1 is 1.00 bits per heavy atom. The number of hydrogen-bond acceptors (Lipinski definition) is 0. The minimum absolute atomic E-state index is 0.885. The van der Waals surface area contributed by atoms with Crippen molar-refractivity contribution in [1.82, 2.24) is 0 Å². The molecule has 0 unspecified atom stereocenters. The molecule has 0 aromatic heterocycles. The molecule has 0 heterocycles. The monoisotopic (exact) mass is 230 g/mol. The molecule has 1 aliphatic carbocycles. The van der Waals surface area contributed by atoms with E-state index < -0.39 is 0 Å². The summed E-state index contributed by atoms with van der Waals surface area (Å²) in [6.45, 7) is 6.92. The predicted molar refractivity (Wildman–Crippen MR) is 75.2 cm³/mol. The van der Waals surface area contributed by atoms with Crippen LogP contribution < -0.4 is 0 Å². The summed E-state index contributed by atoms with van der Waals surface area (Å²) in [7, 11) is 0. The van der Waals surface area contributed by atoms with Crippen LogP contribution in [0.3, 0.4) is 0 Å². The molecule has 2 rings (SSSR count). The SMILES string of the molecule is Cc1ccc(CC2CCC(C(C)C)CC2)cc1. The lowest BCUT2D eigenvalue weighted by molar-refractivity contribution is 0.223. The van der Waals surface area contributed by atoms with Gasteiger partial charge in [0.2, 0.25) is 0 Å². The van der Waals surface area contributed by atoms with Crippen molar-refractivity contribution in [2.75, 3.05) is 0 Å². The van der Waals surface area contributed by atoms with Crippen molar-refractivity contribution in [3.63, 3.8) is 0 Å². The van der Waals surface area contributed by atoms with Gasteiger partial charge in [-0.05, 0) is 62.3 Å². The normalized spacial score (nSPS) is 25.2. The van der Waals surface area contributed by atoms with E-state index in [4.69, 9.17) is 0 Å². The summed E-state index contributed by atoms with van der Waals surface area (Å²) in [6.07, 6.45) is 7.08. The van der Waals surface area contributed by atoms with Crippen molar-refractivity contribution in [2.24, 2.45) is 17.8 Å². The molecular weight excluding hydrogens is 204 g/mol. The first-order valence-electron chi connectivity index (χ1n) is 7.20. The first-order valence-corrected chi connectivity index (χ1v) is 7.20. The van der Waals surface area contributed by atoms with Crippen LogP contribution >= 0.6 is 0 Å². The smallest absolute Gasteiger partial charge is 0.0250 e. The Balaban J connectivity index is 1.84. The van der Waals surface area contributed by atoms with Crippen LogP contribution in [0.15, 0.2) is 24.3 Å². The highest BCUT2D eigenvalue weighted by Gasteiger charge is 2.23. The Hall–Kier alpha value is -0.780. The molecule has 17 heavy (non-hydrogen) atoms. The number of hydrogen-bond donors (Lipinski definition) is 0. The van der Waals surface area contributed by atoms with E-state index in [2.05, 4.69) is 45.0 Å². The quantitative estimate of drug-likeness (QED) is 0.685. The lowest BCUT2D eigenvalue weighted by atomic mass is 9.75. The molecule has 0 nitrogen and oxygen atoms in total. The van der Waals surface area contributed by atoms with E-state index in [-0.39, 0.29) is 0 Å². The minimum atomic E-state index is 0.885. The van der Waals surface area contributed by atoms with E-state index in [9.17, 15) is 0 Å². The number of aryl methyl sites for hydroxylation is 1. The van der Waals surface area contributed by atoms with Crippen LogP contribution in [-0.4, -0.2) is 0 Å². The van der Waals surface area contributed by atoms with Crippen LogP contribution in [-0.2, 0) is 6.42 Å². The van der Waals surface area contributed by atoms with Crippen molar-refractivity contribution < 1.29 is 0 Å². The van der Waals surface area contributed by atoms with Crippen molar-refractivity contribution in [1.29, 1.82) is 0 Å². The van der Waals surface area contributed by atoms with E-state index in [1.165, 1.54) is 43.2 Å². The third-order valence-electron chi connectivity index (χ3n) is 4.48. The second kappa shape index (κ2) is 5.71. The molecule has 1 aromatic carbocycles. The zero-order valence-electron chi connectivity index (χ0n) is 11.6. The molecule has 0 heteroatoms. The summed E-state index contributed by atoms with van der Waals surface area (Å²) in [4.78, 5) is 0. The Morgan fingerprint density at radius 3 is 2.12 bits per heavy atom. The van der Waals surface area contributed by atoms with Gasteiger partial charge in [0.1, 0.15) is 0 Å². The zero-order valence-corrected chi connectivity index (χ0v) is 11.6. The Bertz CT molecular complexity index is 326. The van der Waals surface area contributed by atoms with Crippen LogP contribution in [0.4, 0.5) is 0 Å². The third-order valence-corrected chi connectivity index (χ3v) is 4.48. The number of benzene rings is 1. The molecule has 0 radical (unpaired) electrons. The fraction of sp³-hybridized carbons (Fsp3) is 0.647. The molecule has 0 aliphatic heterocycles. The van der Waals surface area contributed by atoms with Gasteiger partial charge in [-0.3, -0.25) is 0 Å². The van der Waals surface area contributed by atoms with E-state index in [1.54, 1.807) is 0 Å². The first kappa shape index (κ1) is 12.7. The second-order valence-corrected chi connectivity index (χ2v) is 6.21. The fourth-order valence-corrected chi connectivity index (χ4v) is 3.12. The molecule has 0 saturated heterocycles. The fourth-order valence-electron chi connectivity index (χ4n) is 3.12. The van der Waals surface area contributed by atoms with E-state index in [0.717, 1.165) is 17.8 Å². The minimum Gasteiger partial charge on any atom is -0.0625 e. The molecule has 0 N–H and O–H groups in total. The molecule has 94 valence electrons. The van der Waals surface area contributed by atoms with E-state index >= 15 is 0 Å². The van der Waals surface area contributed by atoms with Gasteiger partial charge in [0.05, 0.1) is 0 Å². The lowest BCUT2D eigenvalue weighted by Crippen LogP contribution is -2.19. The maximum Gasteiger partial charge on any atom is -0.0250 e. The summed E-state index contributed by atoms with van der Waals surface area (Å²) in [5.41, 5.74) is 2.90. The summed E-state index contributed by atoms with van der Waals surface area (Å²) in [6, 6.07) is 9.11. The summed E-state index contributed by atoms with van der Waals surface area (Å²) >= 11 is 0. The van der Waals surface area contributed by atoms with Gasteiger partial charge in [-0.25, -0.2) is 0 Å². The average Bonchev–Trinajstić information content (AvgIpc) is 2.33. The van der Waals surface area contributed by atoms with Crippen LogP contribution in [0, 0.1) is 24.7 Å². The third kappa shape index (κ3) is 3.59. The van der Waals surface area contributed by atoms with Crippen molar-refractivity contribution in [3.8, 4) is 0 Å². The summed E-state index contributed by atoms with van der Waals surface area (Å²) in [5, 5.41) is 0. The molecule has 1 fully saturated rings. The van der Waals surface area contributed by atoms with Gasteiger partial charge >= 0.3 is 0 Å².